The zero-order valence-corrected chi connectivity index (χ0v) is 13.7. The third-order valence-corrected chi connectivity index (χ3v) is 5.41. The summed E-state index contributed by atoms with van der Waals surface area (Å²) in [4.78, 5) is 11.7. The Morgan fingerprint density at radius 2 is 1.91 bits per heavy atom. The minimum absolute atomic E-state index is 0.00155. The van der Waals surface area contributed by atoms with Crippen molar-refractivity contribution in [1.82, 2.24) is 10.0 Å². The van der Waals surface area contributed by atoms with Gasteiger partial charge in [0.15, 0.2) is 0 Å². The molecule has 1 fully saturated rings. The first-order valence-corrected chi connectivity index (χ1v) is 8.88. The smallest absolute Gasteiger partial charge is 0.251 e. The number of sulfonamides is 1. The molecule has 1 aromatic rings. The molecule has 0 aliphatic heterocycles. The second kappa shape index (κ2) is 7.11. The molecule has 0 atom stereocenters. The minimum atomic E-state index is -3.72. The summed E-state index contributed by atoms with van der Waals surface area (Å²) in [5, 5.41) is 2.48. The van der Waals surface area contributed by atoms with Gasteiger partial charge in [-0.05, 0) is 31.0 Å². The lowest BCUT2D eigenvalue weighted by Crippen LogP contribution is -2.36. The maximum Gasteiger partial charge on any atom is 0.251 e. The summed E-state index contributed by atoms with van der Waals surface area (Å²) in [6, 6.07) is 4.34. The average molecular weight is 326 g/mol. The van der Waals surface area contributed by atoms with E-state index in [1.54, 1.807) is 0 Å². The molecular formula is C15H22N2O4S. The summed E-state index contributed by atoms with van der Waals surface area (Å²) in [7, 11) is -0.810. The monoisotopic (exact) mass is 326 g/mol. The molecule has 1 saturated carbocycles. The summed E-state index contributed by atoms with van der Waals surface area (Å²) >= 11 is 0. The summed E-state index contributed by atoms with van der Waals surface area (Å²) in [5.74, 6) is -0.104. The summed E-state index contributed by atoms with van der Waals surface area (Å²) < 4.78 is 33.1. The maximum absolute atomic E-state index is 12.6. The van der Waals surface area contributed by atoms with Crippen LogP contribution in [-0.4, -0.2) is 34.5 Å². The molecule has 0 aromatic heterocycles. The van der Waals surface area contributed by atoms with E-state index in [4.69, 9.17) is 4.74 Å². The normalized spacial score (nSPS) is 16.3. The van der Waals surface area contributed by atoms with Crippen LogP contribution in [0.25, 0.3) is 0 Å². The van der Waals surface area contributed by atoms with Crippen LogP contribution >= 0.6 is 0 Å². The van der Waals surface area contributed by atoms with Crippen molar-refractivity contribution in [2.75, 3.05) is 14.2 Å². The zero-order valence-electron chi connectivity index (χ0n) is 12.9. The number of ether oxygens (including phenoxy) is 1. The van der Waals surface area contributed by atoms with Crippen LogP contribution in [0.3, 0.4) is 0 Å². The van der Waals surface area contributed by atoms with Gasteiger partial charge in [0.1, 0.15) is 10.6 Å². The van der Waals surface area contributed by atoms with E-state index in [9.17, 15) is 13.2 Å². The van der Waals surface area contributed by atoms with Gasteiger partial charge in [0, 0.05) is 18.7 Å². The molecule has 2 N–H and O–H groups in total. The number of rotatable bonds is 5. The average Bonchev–Trinajstić information content (AvgIpc) is 2.54. The molecule has 6 nitrogen and oxygen atoms in total. The lowest BCUT2D eigenvalue weighted by Gasteiger charge is -2.23. The molecule has 2 rings (SSSR count). The van der Waals surface area contributed by atoms with Gasteiger partial charge in [-0.3, -0.25) is 4.79 Å². The van der Waals surface area contributed by atoms with E-state index >= 15 is 0 Å². The molecule has 122 valence electrons. The molecule has 0 bridgehead atoms. The van der Waals surface area contributed by atoms with Crippen LogP contribution in [-0.2, 0) is 10.0 Å². The standard InChI is InChI=1S/C15H22N2O4S/c1-16-15(18)11-8-9-13(21-2)14(10-11)22(19,20)17-12-6-4-3-5-7-12/h8-10,12,17H,3-7H2,1-2H3,(H,16,18). The van der Waals surface area contributed by atoms with Gasteiger partial charge >= 0.3 is 0 Å². The van der Waals surface area contributed by atoms with E-state index in [-0.39, 0.29) is 28.2 Å². The van der Waals surface area contributed by atoms with Crippen LogP contribution in [0, 0.1) is 0 Å². The molecule has 7 heteroatoms. The Morgan fingerprint density at radius 1 is 1.23 bits per heavy atom. The van der Waals surface area contributed by atoms with Crippen molar-refractivity contribution < 1.29 is 17.9 Å². The molecule has 1 aliphatic carbocycles. The first-order valence-electron chi connectivity index (χ1n) is 7.40. The SMILES string of the molecule is CNC(=O)c1ccc(OC)c(S(=O)(=O)NC2CCCCC2)c1. The third kappa shape index (κ3) is 3.78. The lowest BCUT2D eigenvalue weighted by atomic mass is 9.96. The first kappa shape index (κ1) is 16.8. The Bertz CT molecular complexity index is 637. The number of nitrogens with one attached hydrogen (secondary N) is 2. The summed E-state index contributed by atoms with van der Waals surface area (Å²) in [5.41, 5.74) is 0.285. The quantitative estimate of drug-likeness (QED) is 0.862. The predicted molar refractivity (Wildman–Crippen MR) is 83.6 cm³/mol. The Kier molecular flexibility index (Phi) is 5.42. The van der Waals surface area contributed by atoms with E-state index in [1.165, 1.54) is 32.4 Å². The Hall–Kier alpha value is -1.60. The zero-order chi connectivity index (χ0) is 16.2. The Morgan fingerprint density at radius 3 is 2.50 bits per heavy atom. The highest BCUT2D eigenvalue weighted by atomic mass is 32.2. The van der Waals surface area contributed by atoms with Gasteiger partial charge in [-0.2, -0.15) is 0 Å². The van der Waals surface area contributed by atoms with Crippen molar-refractivity contribution in [2.24, 2.45) is 0 Å². The minimum Gasteiger partial charge on any atom is -0.495 e. The maximum atomic E-state index is 12.6. The molecule has 0 spiro atoms. The fraction of sp³-hybridized carbons (Fsp3) is 0.533. The van der Waals surface area contributed by atoms with Gasteiger partial charge in [0.25, 0.3) is 5.91 Å². The van der Waals surface area contributed by atoms with Crippen molar-refractivity contribution in [3.05, 3.63) is 23.8 Å². The summed E-state index contributed by atoms with van der Waals surface area (Å²) in [6.07, 6.45) is 4.90. The van der Waals surface area contributed by atoms with Crippen molar-refractivity contribution in [2.45, 2.75) is 43.0 Å². The molecular weight excluding hydrogens is 304 g/mol. The van der Waals surface area contributed by atoms with Gasteiger partial charge in [-0.1, -0.05) is 19.3 Å². The summed E-state index contributed by atoms with van der Waals surface area (Å²) in [6.45, 7) is 0. The second-order valence-electron chi connectivity index (χ2n) is 5.40. The molecule has 1 amide bonds. The van der Waals surface area contributed by atoms with E-state index in [0.29, 0.717) is 0 Å². The highest BCUT2D eigenvalue weighted by Crippen LogP contribution is 2.27. The van der Waals surface area contributed by atoms with Gasteiger partial charge in [-0.15, -0.1) is 0 Å². The second-order valence-corrected chi connectivity index (χ2v) is 7.08. The number of hydrogen-bond acceptors (Lipinski definition) is 4. The van der Waals surface area contributed by atoms with E-state index in [1.807, 2.05) is 0 Å². The topological polar surface area (TPSA) is 84.5 Å². The number of amides is 1. The van der Waals surface area contributed by atoms with Gasteiger partial charge in [0.05, 0.1) is 7.11 Å². The van der Waals surface area contributed by atoms with Crippen LogP contribution in [0.5, 0.6) is 5.75 Å². The molecule has 0 heterocycles. The third-order valence-electron chi connectivity index (χ3n) is 3.87. The molecule has 1 aromatic carbocycles. The van der Waals surface area contributed by atoms with Crippen molar-refractivity contribution in [1.29, 1.82) is 0 Å². The van der Waals surface area contributed by atoms with E-state index in [0.717, 1.165) is 32.1 Å². The number of benzene rings is 1. The lowest BCUT2D eigenvalue weighted by molar-refractivity contribution is 0.0963. The predicted octanol–water partition coefficient (Wildman–Crippen LogP) is 1.67. The van der Waals surface area contributed by atoms with Crippen molar-refractivity contribution in [3.63, 3.8) is 0 Å². The first-order chi connectivity index (χ1) is 10.5. The fourth-order valence-corrected chi connectivity index (χ4v) is 4.18. The Balaban J connectivity index is 2.32. The van der Waals surface area contributed by atoms with Crippen molar-refractivity contribution >= 4 is 15.9 Å². The van der Waals surface area contributed by atoms with Crippen LogP contribution in [0.4, 0.5) is 0 Å². The van der Waals surface area contributed by atoms with Gasteiger partial charge < -0.3 is 10.1 Å². The molecule has 22 heavy (non-hydrogen) atoms. The van der Waals surface area contributed by atoms with Gasteiger partial charge in [0.2, 0.25) is 10.0 Å². The fourth-order valence-electron chi connectivity index (χ4n) is 2.68. The highest BCUT2D eigenvalue weighted by molar-refractivity contribution is 7.89. The van der Waals surface area contributed by atoms with Crippen molar-refractivity contribution in [3.8, 4) is 5.75 Å². The molecule has 0 radical (unpaired) electrons. The van der Waals surface area contributed by atoms with Gasteiger partial charge in [-0.25, -0.2) is 13.1 Å². The van der Waals surface area contributed by atoms with Crippen LogP contribution in [0.15, 0.2) is 23.1 Å². The molecule has 0 saturated heterocycles. The Labute approximate surface area is 131 Å². The molecule has 0 unspecified atom stereocenters. The van der Waals surface area contributed by atoms with Crippen LogP contribution < -0.4 is 14.8 Å². The number of carbonyl (C=O) groups is 1. The van der Waals surface area contributed by atoms with E-state index in [2.05, 4.69) is 10.0 Å². The van der Waals surface area contributed by atoms with Crippen LogP contribution in [0.2, 0.25) is 0 Å². The number of carbonyl (C=O) groups excluding carboxylic acids is 1. The van der Waals surface area contributed by atoms with E-state index < -0.39 is 10.0 Å². The number of methoxy groups -OCH3 is 1. The molecule has 1 aliphatic rings. The number of hydrogen-bond donors (Lipinski definition) is 2. The largest absolute Gasteiger partial charge is 0.495 e. The highest BCUT2D eigenvalue weighted by Gasteiger charge is 2.25. The van der Waals surface area contributed by atoms with Crippen LogP contribution in [0.1, 0.15) is 42.5 Å².